The fourth-order valence-electron chi connectivity index (χ4n) is 3.20. The van der Waals surface area contributed by atoms with E-state index in [0.717, 1.165) is 19.3 Å². The van der Waals surface area contributed by atoms with Gasteiger partial charge in [0.25, 0.3) is 0 Å². The summed E-state index contributed by atoms with van der Waals surface area (Å²) < 4.78 is 0. The Hall–Kier alpha value is -1.10. The summed E-state index contributed by atoms with van der Waals surface area (Å²) in [5.41, 5.74) is 5.79. The highest BCUT2D eigenvalue weighted by Crippen LogP contribution is 2.26. The Kier molecular flexibility index (Phi) is 5.19. The monoisotopic (exact) mass is 267 g/mol. The molecule has 2 rings (SSSR count). The second-order valence-corrected chi connectivity index (χ2v) is 5.73. The van der Waals surface area contributed by atoms with E-state index in [1.807, 2.05) is 0 Å². The van der Waals surface area contributed by atoms with Gasteiger partial charge in [0, 0.05) is 25.6 Å². The molecular formula is C14H25N3O2. The van der Waals surface area contributed by atoms with Crippen molar-refractivity contribution in [1.82, 2.24) is 10.2 Å². The Labute approximate surface area is 114 Å². The van der Waals surface area contributed by atoms with Crippen LogP contribution < -0.4 is 11.1 Å². The van der Waals surface area contributed by atoms with Gasteiger partial charge in [0.05, 0.1) is 6.54 Å². The van der Waals surface area contributed by atoms with Gasteiger partial charge in [0.15, 0.2) is 0 Å². The van der Waals surface area contributed by atoms with Crippen molar-refractivity contribution in [2.24, 2.45) is 11.7 Å². The first-order valence-electron chi connectivity index (χ1n) is 7.48. The molecule has 1 heterocycles. The first kappa shape index (κ1) is 14.3. The van der Waals surface area contributed by atoms with Gasteiger partial charge in [-0.15, -0.1) is 0 Å². The number of amides is 2. The fraction of sp³-hybridized carbons (Fsp3) is 0.857. The highest BCUT2D eigenvalue weighted by atomic mass is 16.2. The zero-order valence-corrected chi connectivity index (χ0v) is 11.6. The molecule has 0 aromatic carbocycles. The fourth-order valence-corrected chi connectivity index (χ4v) is 3.20. The molecule has 0 spiro atoms. The van der Waals surface area contributed by atoms with Crippen LogP contribution in [0.3, 0.4) is 0 Å². The van der Waals surface area contributed by atoms with E-state index >= 15 is 0 Å². The van der Waals surface area contributed by atoms with Gasteiger partial charge in [-0.1, -0.05) is 19.3 Å². The molecule has 2 amide bonds. The highest BCUT2D eigenvalue weighted by Gasteiger charge is 2.26. The van der Waals surface area contributed by atoms with E-state index in [4.69, 9.17) is 5.73 Å². The summed E-state index contributed by atoms with van der Waals surface area (Å²) in [6.07, 6.45) is 7.54. The number of nitrogens with two attached hydrogens (primary N) is 1. The lowest BCUT2D eigenvalue weighted by Gasteiger charge is -2.30. The van der Waals surface area contributed by atoms with Crippen molar-refractivity contribution >= 4 is 11.8 Å². The van der Waals surface area contributed by atoms with Crippen molar-refractivity contribution < 1.29 is 9.59 Å². The molecular weight excluding hydrogens is 242 g/mol. The highest BCUT2D eigenvalue weighted by molar-refractivity contribution is 5.85. The zero-order chi connectivity index (χ0) is 13.7. The Morgan fingerprint density at radius 2 is 2.05 bits per heavy atom. The average Bonchev–Trinajstić information content (AvgIpc) is 2.82. The second-order valence-electron chi connectivity index (χ2n) is 5.73. The Morgan fingerprint density at radius 1 is 1.32 bits per heavy atom. The molecule has 0 aromatic rings. The summed E-state index contributed by atoms with van der Waals surface area (Å²) in [5.74, 6) is 0.547. The van der Waals surface area contributed by atoms with Crippen molar-refractivity contribution in [3.8, 4) is 0 Å². The molecule has 2 fully saturated rings. The Balaban J connectivity index is 1.80. The summed E-state index contributed by atoms with van der Waals surface area (Å²) >= 11 is 0. The summed E-state index contributed by atoms with van der Waals surface area (Å²) in [4.78, 5) is 25.1. The van der Waals surface area contributed by atoms with Gasteiger partial charge in [-0.05, 0) is 25.2 Å². The quantitative estimate of drug-likeness (QED) is 0.767. The van der Waals surface area contributed by atoms with Gasteiger partial charge in [0.1, 0.15) is 0 Å². The van der Waals surface area contributed by atoms with Crippen LogP contribution >= 0.6 is 0 Å². The molecule has 108 valence electrons. The molecule has 3 N–H and O–H groups in total. The van der Waals surface area contributed by atoms with Crippen LogP contribution in [0.25, 0.3) is 0 Å². The van der Waals surface area contributed by atoms with Crippen LogP contribution in [-0.4, -0.2) is 42.4 Å². The normalized spacial score (nSPS) is 22.6. The van der Waals surface area contributed by atoms with Crippen molar-refractivity contribution in [3.63, 3.8) is 0 Å². The smallest absolute Gasteiger partial charge is 0.239 e. The van der Waals surface area contributed by atoms with Crippen molar-refractivity contribution in [1.29, 1.82) is 0 Å². The molecule has 1 aliphatic carbocycles. The Morgan fingerprint density at radius 3 is 2.63 bits per heavy atom. The molecule has 5 heteroatoms. The Bertz CT molecular complexity index is 327. The summed E-state index contributed by atoms with van der Waals surface area (Å²) in [6, 6.07) is 0.0745. The van der Waals surface area contributed by atoms with Crippen LogP contribution in [0, 0.1) is 5.92 Å². The van der Waals surface area contributed by atoms with E-state index in [2.05, 4.69) is 5.32 Å². The predicted octanol–water partition coefficient (Wildman–Crippen LogP) is 0.633. The maximum absolute atomic E-state index is 12.0. The van der Waals surface area contributed by atoms with Gasteiger partial charge >= 0.3 is 0 Å². The SMILES string of the molecule is NCC(NC(=O)CN1CCCC1=O)C1CCCCC1. The first-order valence-corrected chi connectivity index (χ1v) is 7.48. The molecule has 1 aliphatic heterocycles. The second kappa shape index (κ2) is 6.89. The number of likely N-dealkylation sites (tertiary alicyclic amines) is 1. The average molecular weight is 267 g/mol. The van der Waals surface area contributed by atoms with E-state index < -0.39 is 0 Å². The number of nitrogens with one attached hydrogen (secondary N) is 1. The van der Waals surface area contributed by atoms with Crippen LogP contribution in [0.2, 0.25) is 0 Å². The van der Waals surface area contributed by atoms with Crippen molar-refractivity contribution in [3.05, 3.63) is 0 Å². The van der Waals surface area contributed by atoms with Gasteiger partial charge in [-0.25, -0.2) is 0 Å². The van der Waals surface area contributed by atoms with E-state index in [1.165, 1.54) is 19.3 Å². The lowest BCUT2D eigenvalue weighted by molar-refractivity contribution is -0.133. The number of rotatable bonds is 5. The van der Waals surface area contributed by atoms with Crippen molar-refractivity contribution in [2.75, 3.05) is 19.6 Å². The minimum absolute atomic E-state index is 0.0590. The van der Waals surface area contributed by atoms with Gasteiger partial charge < -0.3 is 16.0 Å². The van der Waals surface area contributed by atoms with Crippen molar-refractivity contribution in [2.45, 2.75) is 51.0 Å². The van der Waals surface area contributed by atoms with E-state index in [9.17, 15) is 9.59 Å². The molecule has 0 radical (unpaired) electrons. The largest absolute Gasteiger partial charge is 0.350 e. The maximum Gasteiger partial charge on any atom is 0.239 e. The van der Waals surface area contributed by atoms with Crippen LogP contribution in [0.5, 0.6) is 0 Å². The molecule has 2 aliphatic rings. The molecule has 1 unspecified atom stereocenters. The van der Waals surface area contributed by atoms with E-state index in [1.54, 1.807) is 4.90 Å². The minimum atomic E-state index is -0.0590. The zero-order valence-electron chi connectivity index (χ0n) is 11.6. The lowest BCUT2D eigenvalue weighted by Crippen LogP contribution is -2.49. The lowest BCUT2D eigenvalue weighted by atomic mass is 9.84. The minimum Gasteiger partial charge on any atom is -0.350 e. The third-order valence-electron chi connectivity index (χ3n) is 4.33. The van der Waals surface area contributed by atoms with Crippen LogP contribution in [0.4, 0.5) is 0 Å². The number of carbonyl (C=O) groups is 2. The van der Waals surface area contributed by atoms with Gasteiger partial charge in [-0.2, -0.15) is 0 Å². The van der Waals surface area contributed by atoms with E-state index in [-0.39, 0.29) is 24.4 Å². The van der Waals surface area contributed by atoms with Gasteiger partial charge in [-0.3, -0.25) is 9.59 Å². The van der Waals surface area contributed by atoms with Crippen LogP contribution in [-0.2, 0) is 9.59 Å². The molecule has 0 bridgehead atoms. The van der Waals surface area contributed by atoms with E-state index in [0.29, 0.717) is 25.4 Å². The number of nitrogens with zero attached hydrogens (tertiary/aromatic N) is 1. The maximum atomic E-state index is 12.0. The topological polar surface area (TPSA) is 75.4 Å². The molecule has 5 nitrogen and oxygen atoms in total. The van der Waals surface area contributed by atoms with Crippen LogP contribution in [0.15, 0.2) is 0 Å². The number of hydrogen-bond donors (Lipinski definition) is 2. The summed E-state index contributed by atoms with van der Waals surface area (Å²) in [6.45, 7) is 1.40. The molecule has 1 atom stereocenters. The molecule has 1 saturated heterocycles. The third kappa shape index (κ3) is 3.93. The standard InChI is InChI=1S/C14H25N3O2/c15-9-12(11-5-2-1-3-6-11)16-13(18)10-17-8-4-7-14(17)19/h11-12H,1-10,15H2,(H,16,18). The summed E-state index contributed by atoms with van der Waals surface area (Å²) in [7, 11) is 0. The number of carbonyl (C=O) groups excluding carboxylic acids is 2. The van der Waals surface area contributed by atoms with Crippen LogP contribution in [0.1, 0.15) is 44.9 Å². The number of hydrogen-bond acceptors (Lipinski definition) is 3. The molecule has 1 saturated carbocycles. The first-order chi connectivity index (χ1) is 9.20. The summed E-state index contributed by atoms with van der Waals surface area (Å²) in [5, 5.41) is 3.03. The predicted molar refractivity (Wildman–Crippen MR) is 73.4 cm³/mol. The molecule has 19 heavy (non-hydrogen) atoms. The van der Waals surface area contributed by atoms with Gasteiger partial charge in [0.2, 0.25) is 11.8 Å². The molecule has 0 aromatic heterocycles. The third-order valence-corrected chi connectivity index (χ3v) is 4.33.